The number of rotatable bonds is 8. The van der Waals surface area contributed by atoms with Crippen LogP contribution in [0.5, 0.6) is 0 Å². The summed E-state index contributed by atoms with van der Waals surface area (Å²) in [5.41, 5.74) is 15.3. The Hall–Kier alpha value is -6.78. The van der Waals surface area contributed by atoms with Gasteiger partial charge in [-0.3, -0.25) is 0 Å². The topological polar surface area (TPSA) is 41.0 Å². The maximum Gasteiger partial charge on any atom is 0.161 e. The van der Waals surface area contributed by atoms with Crippen molar-refractivity contribution in [1.29, 1.82) is 0 Å². The van der Waals surface area contributed by atoms with E-state index in [1.807, 2.05) is 12.1 Å². The van der Waals surface area contributed by atoms with Gasteiger partial charge in [-0.05, 0) is 70.1 Å². The van der Waals surface area contributed by atoms with E-state index < -0.39 is 0 Å². The molecule has 0 amide bonds. The predicted octanol–water partition coefficient (Wildman–Crippen LogP) is 12.8. The fourth-order valence-electron chi connectivity index (χ4n) is 7.56. The molecular weight excluding hydrogens is 645 g/mol. The van der Waals surface area contributed by atoms with Crippen LogP contribution in [0.4, 0.5) is 17.1 Å². The molecule has 8 aromatic rings. The summed E-state index contributed by atoms with van der Waals surface area (Å²) in [6, 6.07) is 66.3. The van der Waals surface area contributed by atoms with Crippen LogP contribution < -0.4 is 10.2 Å². The molecule has 254 valence electrons. The highest BCUT2D eigenvalue weighted by Gasteiger charge is 2.28. The normalized spacial score (nSPS) is 13.4. The molecule has 0 bridgehead atoms. The molecular formula is C49H38N4. The van der Waals surface area contributed by atoms with E-state index in [2.05, 4.69) is 193 Å². The molecule has 1 atom stereocenters. The number of hydrogen-bond acceptors (Lipinski definition) is 4. The summed E-state index contributed by atoms with van der Waals surface area (Å²) < 4.78 is 0. The first-order valence-corrected chi connectivity index (χ1v) is 18.3. The summed E-state index contributed by atoms with van der Waals surface area (Å²) in [4.78, 5) is 12.8. The first kappa shape index (κ1) is 32.1. The molecule has 4 heteroatoms. The van der Waals surface area contributed by atoms with Crippen molar-refractivity contribution in [2.24, 2.45) is 0 Å². The van der Waals surface area contributed by atoms with Gasteiger partial charge in [-0.2, -0.15) is 0 Å². The lowest BCUT2D eigenvalue weighted by Crippen LogP contribution is -2.30. The number of hydrogen-bond donors (Lipinski definition) is 1. The van der Waals surface area contributed by atoms with Crippen LogP contribution >= 0.6 is 0 Å². The Morgan fingerprint density at radius 3 is 1.53 bits per heavy atom. The van der Waals surface area contributed by atoms with Crippen molar-refractivity contribution in [3.05, 3.63) is 188 Å². The van der Waals surface area contributed by atoms with Gasteiger partial charge in [-0.25, -0.2) is 9.97 Å². The summed E-state index contributed by atoms with van der Waals surface area (Å²) in [6.07, 6.45) is 1.17. The molecule has 1 N–H and O–H groups in total. The maximum atomic E-state index is 5.21. The summed E-state index contributed by atoms with van der Waals surface area (Å²) in [5, 5.41) is 3.71. The van der Waals surface area contributed by atoms with Gasteiger partial charge in [0.25, 0.3) is 0 Å². The number of nitrogens with zero attached hydrogens (tertiary/aromatic N) is 3. The Kier molecular flexibility index (Phi) is 8.55. The zero-order valence-electron chi connectivity index (χ0n) is 29.5. The fourth-order valence-corrected chi connectivity index (χ4v) is 7.56. The van der Waals surface area contributed by atoms with Crippen molar-refractivity contribution < 1.29 is 0 Å². The van der Waals surface area contributed by atoms with E-state index in [1.165, 1.54) is 33.8 Å². The van der Waals surface area contributed by atoms with Crippen LogP contribution in [-0.4, -0.2) is 16.1 Å². The van der Waals surface area contributed by atoms with Gasteiger partial charge < -0.3 is 10.2 Å². The standard InChI is InChI=1S/C49H38N4/c1-2-48-50-44-30-15-16-31-47(44)53(48)37-23-17-22-36(32-37)38-24-9-10-25-39(38)40-26-11-12-27-41(40)42-28-13-14-29-43(42)49-51-45(34-18-5-3-6-19-34)33-46(52-49)35-20-7-4-8-21-35/h3-33,48,50H,2H2,1H3. The number of para-hydroxylation sites is 2. The third-order valence-electron chi connectivity index (χ3n) is 10.1. The lowest BCUT2D eigenvalue weighted by Gasteiger charge is -2.27. The Bertz CT molecular complexity index is 2490. The molecule has 0 saturated heterocycles. The fraction of sp³-hybridized carbons (Fsp3) is 0.0612. The van der Waals surface area contributed by atoms with Crippen LogP contribution in [0, 0.1) is 0 Å². The molecule has 53 heavy (non-hydrogen) atoms. The van der Waals surface area contributed by atoms with Crippen LogP contribution in [0.25, 0.3) is 67.3 Å². The molecule has 9 rings (SSSR count). The van der Waals surface area contributed by atoms with Crippen molar-refractivity contribution in [3.63, 3.8) is 0 Å². The smallest absolute Gasteiger partial charge is 0.161 e. The Balaban J connectivity index is 1.17. The van der Waals surface area contributed by atoms with Gasteiger partial charge in [0, 0.05) is 22.4 Å². The van der Waals surface area contributed by atoms with Crippen molar-refractivity contribution in [2.45, 2.75) is 19.5 Å². The third kappa shape index (κ3) is 6.15. The van der Waals surface area contributed by atoms with E-state index in [4.69, 9.17) is 9.97 Å². The number of benzene rings is 7. The van der Waals surface area contributed by atoms with Gasteiger partial charge >= 0.3 is 0 Å². The highest BCUT2D eigenvalue weighted by molar-refractivity contribution is 5.96. The van der Waals surface area contributed by atoms with E-state index in [0.717, 1.165) is 51.2 Å². The van der Waals surface area contributed by atoms with Crippen LogP contribution in [0.1, 0.15) is 13.3 Å². The van der Waals surface area contributed by atoms with Gasteiger partial charge in [0.15, 0.2) is 5.82 Å². The summed E-state index contributed by atoms with van der Waals surface area (Å²) in [6.45, 7) is 2.23. The van der Waals surface area contributed by atoms with Gasteiger partial charge in [0.2, 0.25) is 0 Å². The number of nitrogens with one attached hydrogen (secondary N) is 1. The van der Waals surface area contributed by atoms with Crippen molar-refractivity contribution in [2.75, 3.05) is 10.2 Å². The Morgan fingerprint density at radius 2 is 0.925 bits per heavy atom. The van der Waals surface area contributed by atoms with Gasteiger partial charge in [-0.1, -0.05) is 165 Å². The first-order chi connectivity index (χ1) is 26.2. The van der Waals surface area contributed by atoms with Gasteiger partial charge in [-0.15, -0.1) is 0 Å². The zero-order valence-corrected chi connectivity index (χ0v) is 29.5. The largest absolute Gasteiger partial charge is 0.363 e. The van der Waals surface area contributed by atoms with E-state index in [1.54, 1.807) is 0 Å². The highest BCUT2D eigenvalue weighted by atomic mass is 15.3. The van der Waals surface area contributed by atoms with Crippen LogP contribution in [0.15, 0.2) is 188 Å². The van der Waals surface area contributed by atoms with E-state index >= 15 is 0 Å². The van der Waals surface area contributed by atoms with E-state index in [9.17, 15) is 0 Å². The van der Waals surface area contributed by atoms with E-state index in [-0.39, 0.29) is 6.17 Å². The minimum atomic E-state index is 0.195. The average Bonchev–Trinajstić information content (AvgIpc) is 3.63. The second kappa shape index (κ2) is 14.1. The molecule has 4 nitrogen and oxygen atoms in total. The first-order valence-electron chi connectivity index (χ1n) is 18.3. The van der Waals surface area contributed by atoms with Crippen LogP contribution in [-0.2, 0) is 0 Å². The lowest BCUT2D eigenvalue weighted by atomic mass is 9.87. The minimum absolute atomic E-state index is 0.195. The SMILES string of the molecule is CCC1Nc2ccccc2N1c1cccc(-c2ccccc2-c2ccccc2-c2ccccc2-c2nc(-c3ccccc3)cc(-c3ccccc3)n2)c1. The Labute approximate surface area is 311 Å². The monoisotopic (exact) mass is 682 g/mol. The van der Waals surface area contributed by atoms with Gasteiger partial charge in [0.05, 0.1) is 22.8 Å². The average molecular weight is 683 g/mol. The molecule has 0 saturated carbocycles. The molecule has 1 aliphatic heterocycles. The lowest BCUT2D eigenvalue weighted by molar-refractivity contribution is 0.728. The Morgan fingerprint density at radius 1 is 0.453 bits per heavy atom. The van der Waals surface area contributed by atoms with Crippen molar-refractivity contribution in [1.82, 2.24) is 9.97 Å². The van der Waals surface area contributed by atoms with Gasteiger partial charge in [0.1, 0.15) is 6.17 Å². The second-order valence-electron chi connectivity index (χ2n) is 13.3. The number of anilines is 3. The molecule has 1 aromatic heterocycles. The predicted molar refractivity (Wildman–Crippen MR) is 221 cm³/mol. The molecule has 0 aliphatic carbocycles. The summed E-state index contributed by atoms with van der Waals surface area (Å²) >= 11 is 0. The number of fused-ring (bicyclic) bond motifs is 1. The minimum Gasteiger partial charge on any atom is -0.363 e. The molecule has 7 aromatic carbocycles. The van der Waals surface area contributed by atoms with Crippen molar-refractivity contribution >= 4 is 17.1 Å². The quantitative estimate of drug-likeness (QED) is 0.173. The molecule has 0 spiro atoms. The van der Waals surface area contributed by atoms with Crippen LogP contribution in [0.2, 0.25) is 0 Å². The molecule has 0 radical (unpaired) electrons. The van der Waals surface area contributed by atoms with Crippen molar-refractivity contribution in [3.8, 4) is 67.3 Å². The number of aromatic nitrogens is 2. The van der Waals surface area contributed by atoms with Crippen LogP contribution in [0.3, 0.4) is 0 Å². The second-order valence-corrected chi connectivity index (χ2v) is 13.3. The highest BCUT2D eigenvalue weighted by Crippen LogP contribution is 2.44. The molecule has 1 aliphatic rings. The zero-order chi connectivity index (χ0) is 35.6. The van der Waals surface area contributed by atoms with E-state index in [0.29, 0.717) is 5.82 Å². The molecule has 2 heterocycles. The third-order valence-corrected chi connectivity index (χ3v) is 10.1. The summed E-state index contributed by atoms with van der Waals surface area (Å²) in [5.74, 6) is 0.696. The molecule has 1 unspecified atom stereocenters. The summed E-state index contributed by atoms with van der Waals surface area (Å²) in [7, 11) is 0. The molecule has 0 fully saturated rings. The maximum absolute atomic E-state index is 5.21.